The molecule has 0 unspecified atom stereocenters. The number of nitro groups is 1. The molecule has 1 amide bonds. The summed E-state index contributed by atoms with van der Waals surface area (Å²) in [5.41, 5.74) is 0.526. The summed E-state index contributed by atoms with van der Waals surface area (Å²) in [6, 6.07) is 5.83. The number of hydrogen-bond acceptors (Lipinski definition) is 6. The van der Waals surface area contributed by atoms with Crippen LogP contribution in [0.25, 0.3) is 0 Å². The van der Waals surface area contributed by atoms with Crippen LogP contribution in [0.2, 0.25) is 0 Å². The maximum absolute atomic E-state index is 12.1. The van der Waals surface area contributed by atoms with Crippen molar-refractivity contribution in [1.29, 1.82) is 0 Å². The van der Waals surface area contributed by atoms with Gasteiger partial charge in [-0.3, -0.25) is 4.79 Å². The number of nitrogens with one attached hydrogen (secondary N) is 1. The Morgan fingerprint density at radius 1 is 1.40 bits per heavy atom. The fourth-order valence-electron chi connectivity index (χ4n) is 1.76. The largest absolute Gasteiger partial charge is 0.490 e. The Hall–Kier alpha value is -3.18. The van der Waals surface area contributed by atoms with E-state index in [9.17, 15) is 28.1 Å². The van der Waals surface area contributed by atoms with Crippen molar-refractivity contribution in [3.8, 4) is 5.75 Å². The predicted octanol–water partition coefficient (Wildman–Crippen LogP) is 1.44. The Morgan fingerprint density at radius 2 is 2.16 bits per heavy atom. The summed E-state index contributed by atoms with van der Waals surface area (Å²) in [4.78, 5) is 24.8. The monoisotopic (exact) mass is 359 g/mol. The SMILES string of the molecule is O=C(Cn1cnc([N+](=O)[O-])n1)NCc1cccc(OCC(F)(F)F)c1. The van der Waals surface area contributed by atoms with E-state index in [2.05, 4.69) is 20.1 Å². The summed E-state index contributed by atoms with van der Waals surface area (Å²) in [6.45, 7) is -1.65. The number of rotatable bonds is 7. The van der Waals surface area contributed by atoms with E-state index in [4.69, 9.17) is 0 Å². The summed E-state index contributed by atoms with van der Waals surface area (Å²) < 4.78 is 42.0. The zero-order valence-electron chi connectivity index (χ0n) is 12.6. The highest BCUT2D eigenvalue weighted by atomic mass is 19.4. The van der Waals surface area contributed by atoms with E-state index in [0.717, 1.165) is 11.0 Å². The lowest BCUT2D eigenvalue weighted by atomic mass is 10.2. The van der Waals surface area contributed by atoms with Gasteiger partial charge in [0.1, 0.15) is 12.3 Å². The van der Waals surface area contributed by atoms with Gasteiger partial charge in [-0.1, -0.05) is 17.1 Å². The van der Waals surface area contributed by atoms with Crippen LogP contribution in [0.1, 0.15) is 5.56 Å². The number of ether oxygens (including phenoxy) is 1. The molecule has 0 aliphatic heterocycles. The van der Waals surface area contributed by atoms with E-state index < -0.39 is 29.6 Å². The Labute approximate surface area is 138 Å². The molecule has 12 heteroatoms. The number of carbonyl (C=O) groups is 1. The Kier molecular flexibility index (Phi) is 5.52. The molecular weight excluding hydrogens is 347 g/mol. The molecule has 1 aromatic heterocycles. The van der Waals surface area contributed by atoms with Gasteiger partial charge in [-0.05, 0) is 22.6 Å². The van der Waals surface area contributed by atoms with Crippen molar-refractivity contribution in [3.05, 3.63) is 46.3 Å². The van der Waals surface area contributed by atoms with Crippen LogP contribution in [0.4, 0.5) is 19.1 Å². The summed E-state index contributed by atoms with van der Waals surface area (Å²) in [5, 5.41) is 16.4. The van der Waals surface area contributed by atoms with E-state index in [0.29, 0.717) is 5.56 Å². The van der Waals surface area contributed by atoms with Crippen molar-refractivity contribution in [2.75, 3.05) is 6.61 Å². The zero-order chi connectivity index (χ0) is 18.4. The minimum Gasteiger partial charge on any atom is -0.484 e. The fourth-order valence-corrected chi connectivity index (χ4v) is 1.76. The zero-order valence-corrected chi connectivity index (χ0v) is 12.6. The first-order valence-electron chi connectivity index (χ1n) is 6.82. The molecule has 25 heavy (non-hydrogen) atoms. The van der Waals surface area contributed by atoms with Gasteiger partial charge in [-0.15, -0.1) is 0 Å². The predicted molar refractivity (Wildman–Crippen MR) is 76.5 cm³/mol. The molecule has 0 spiro atoms. The standard InChI is InChI=1S/C13H12F3N5O4/c14-13(15,16)7-25-10-3-1-2-9(4-10)5-17-11(22)6-20-8-18-12(19-20)21(23)24/h1-4,8H,5-7H2,(H,17,22). The first-order valence-corrected chi connectivity index (χ1v) is 6.82. The van der Waals surface area contributed by atoms with Crippen molar-refractivity contribution >= 4 is 11.9 Å². The normalized spacial score (nSPS) is 11.2. The number of carbonyl (C=O) groups excluding carboxylic acids is 1. The van der Waals surface area contributed by atoms with E-state index in [1.165, 1.54) is 18.2 Å². The average Bonchev–Trinajstić information content (AvgIpc) is 2.99. The molecule has 1 N–H and O–H groups in total. The van der Waals surface area contributed by atoms with E-state index >= 15 is 0 Å². The van der Waals surface area contributed by atoms with Gasteiger partial charge < -0.3 is 20.2 Å². The fraction of sp³-hybridized carbons (Fsp3) is 0.308. The highest BCUT2D eigenvalue weighted by molar-refractivity contribution is 5.75. The second kappa shape index (κ2) is 7.59. The molecule has 0 aliphatic carbocycles. The van der Waals surface area contributed by atoms with Crippen LogP contribution in [-0.4, -0.2) is 38.4 Å². The topological polar surface area (TPSA) is 112 Å². The molecule has 2 rings (SSSR count). The number of hydrogen-bond donors (Lipinski definition) is 1. The third kappa shape index (κ3) is 6.08. The number of alkyl halides is 3. The van der Waals surface area contributed by atoms with Crippen LogP contribution in [0.5, 0.6) is 5.75 Å². The van der Waals surface area contributed by atoms with Crippen LogP contribution >= 0.6 is 0 Å². The molecule has 134 valence electrons. The van der Waals surface area contributed by atoms with Gasteiger partial charge in [0.25, 0.3) is 0 Å². The Morgan fingerprint density at radius 3 is 2.80 bits per heavy atom. The third-order valence-corrected chi connectivity index (χ3v) is 2.78. The second-order valence-corrected chi connectivity index (χ2v) is 4.83. The molecule has 0 aliphatic rings. The van der Waals surface area contributed by atoms with Crippen LogP contribution in [0, 0.1) is 10.1 Å². The van der Waals surface area contributed by atoms with E-state index in [1.54, 1.807) is 6.07 Å². The molecule has 0 saturated heterocycles. The molecule has 9 nitrogen and oxygen atoms in total. The molecule has 0 atom stereocenters. The quantitative estimate of drug-likeness (QED) is 0.591. The first-order chi connectivity index (χ1) is 11.7. The van der Waals surface area contributed by atoms with Crippen LogP contribution < -0.4 is 10.1 Å². The highest BCUT2D eigenvalue weighted by Gasteiger charge is 2.28. The summed E-state index contributed by atoms with van der Waals surface area (Å²) >= 11 is 0. The minimum atomic E-state index is -4.44. The molecule has 0 radical (unpaired) electrons. The number of benzene rings is 1. The summed E-state index contributed by atoms with van der Waals surface area (Å²) in [7, 11) is 0. The van der Waals surface area contributed by atoms with Crippen LogP contribution in [0.15, 0.2) is 30.6 Å². The lowest BCUT2D eigenvalue weighted by Crippen LogP contribution is -2.27. The van der Waals surface area contributed by atoms with Crippen LogP contribution in [-0.2, 0) is 17.9 Å². The average molecular weight is 359 g/mol. The van der Waals surface area contributed by atoms with E-state index in [1.807, 2.05) is 0 Å². The Balaban J connectivity index is 1.85. The van der Waals surface area contributed by atoms with Crippen molar-refractivity contribution < 1.29 is 27.6 Å². The third-order valence-electron chi connectivity index (χ3n) is 2.78. The van der Waals surface area contributed by atoms with Gasteiger partial charge in [0.2, 0.25) is 12.2 Å². The first kappa shape index (κ1) is 18.2. The van der Waals surface area contributed by atoms with Crippen molar-refractivity contribution in [3.63, 3.8) is 0 Å². The van der Waals surface area contributed by atoms with Gasteiger partial charge in [0.05, 0.1) is 0 Å². The van der Waals surface area contributed by atoms with Crippen molar-refractivity contribution in [2.45, 2.75) is 19.3 Å². The molecular formula is C13H12F3N5O4. The lowest BCUT2D eigenvalue weighted by molar-refractivity contribution is -0.394. The molecule has 0 fully saturated rings. The smallest absolute Gasteiger partial charge is 0.484 e. The van der Waals surface area contributed by atoms with Gasteiger partial charge in [0.15, 0.2) is 6.61 Å². The maximum atomic E-state index is 12.1. The van der Waals surface area contributed by atoms with Crippen molar-refractivity contribution in [2.24, 2.45) is 0 Å². The van der Waals surface area contributed by atoms with E-state index in [-0.39, 0.29) is 18.8 Å². The summed E-state index contributed by atoms with van der Waals surface area (Å²) in [5.74, 6) is -1.10. The van der Waals surface area contributed by atoms with Gasteiger partial charge >= 0.3 is 12.1 Å². The number of aromatic nitrogens is 3. The minimum absolute atomic E-state index is 0.0241. The van der Waals surface area contributed by atoms with Crippen molar-refractivity contribution in [1.82, 2.24) is 20.1 Å². The highest BCUT2D eigenvalue weighted by Crippen LogP contribution is 2.19. The van der Waals surface area contributed by atoms with Gasteiger partial charge in [0, 0.05) is 11.6 Å². The number of amides is 1. The second-order valence-electron chi connectivity index (χ2n) is 4.83. The van der Waals surface area contributed by atoms with Crippen LogP contribution in [0.3, 0.4) is 0 Å². The maximum Gasteiger partial charge on any atom is 0.490 e. The van der Waals surface area contributed by atoms with Gasteiger partial charge in [-0.25, -0.2) is 0 Å². The molecule has 0 bridgehead atoms. The van der Waals surface area contributed by atoms with Gasteiger partial charge in [-0.2, -0.15) is 17.9 Å². The summed E-state index contributed by atoms with van der Waals surface area (Å²) in [6.07, 6.45) is -3.39. The molecule has 0 saturated carbocycles. The molecule has 1 aromatic carbocycles. The number of nitrogens with zero attached hydrogens (tertiary/aromatic N) is 4. The molecule has 1 heterocycles. The number of halogens is 3. The molecule has 2 aromatic rings. The lowest BCUT2D eigenvalue weighted by Gasteiger charge is -2.10. The Bertz CT molecular complexity index is 762.